The summed E-state index contributed by atoms with van der Waals surface area (Å²) in [6, 6.07) is 11.9. The molecule has 0 radical (unpaired) electrons. The summed E-state index contributed by atoms with van der Waals surface area (Å²) in [4.78, 5) is 7.51. The highest BCUT2D eigenvalue weighted by Gasteiger charge is 2.11. The topological polar surface area (TPSA) is 59.9 Å². The van der Waals surface area contributed by atoms with Gasteiger partial charge in [0, 0.05) is 37.7 Å². The molecular formula is C18H25ClN4OS. The molecule has 0 aliphatic carbocycles. The van der Waals surface area contributed by atoms with E-state index < -0.39 is 6.10 Å². The van der Waals surface area contributed by atoms with Crippen molar-refractivity contribution in [1.29, 1.82) is 0 Å². The van der Waals surface area contributed by atoms with Crippen LogP contribution in [0.5, 0.6) is 0 Å². The Bertz CT molecular complexity index is 702. The molecule has 7 heteroatoms. The summed E-state index contributed by atoms with van der Waals surface area (Å²) < 4.78 is 0.676. The van der Waals surface area contributed by atoms with Gasteiger partial charge in [0.1, 0.15) is 6.10 Å². The summed E-state index contributed by atoms with van der Waals surface area (Å²) in [7, 11) is 4.04. The van der Waals surface area contributed by atoms with Gasteiger partial charge in [-0.15, -0.1) is 11.3 Å². The Morgan fingerprint density at radius 1 is 1.28 bits per heavy atom. The zero-order chi connectivity index (χ0) is 18.2. The van der Waals surface area contributed by atoms with Crippen LogP contribution in [0.2, 0.25) is 4.34 Å². The first-order valence-electron chi connectivity index (χ1n) is 8.21. The number of thiophene rings is 1. The standard InChI is InChI=1S/C18H25ClN4OS/c1-4-20-18(22-12-15(24)16-8-9-17(19)25-16)21-11-13-6-5-7-14(10-13)23(2)3/h5-10,15,24H,4,11-12H2,1-3H3,(H2,20,21,22). The van der Waals surface area contributed by atoms with E-state index in [1.54, 1.807) is 6.07 Å². The summed E-state index contributed by atoms with van der Waals surface area (Å²) in [5.41, 5.74) is 2.28. The Morgan fingerprint density at radius 2 is 2.08 bits per heavy atom. The number of hydrogen-bond donors (Lipinski definition) is 3. The van der Waals surface area contributed by atoms with Gasteiger partial charge < -0.3 is 20.6 Å². The molecular weight excluding hydrogens is 356 g/mol. The minimum Gasteiger partial charge on any atom is -0.386 e. The van der Waals surface area contributed by atoms with E-state index >= 15 is 0 Å². The molecule has 0 spiro atoms. The molecule has 0 bridgehead atoms. The van der Waals surface area contributed by atoms with Crippen LogP contribution in [-0.2, 0) is 6.54 Å². The van der Waals surface area contributed by atoms with Crippen LogP contribution in [0.25, 0.3) is 0 Å². The third-order valence-electron chi connectivity index (χ3n) is 3.58. The molecule has 1 aromatic heterocycles. The average molecular weight is 381 g/mol. The lowest BCUT2D eigenvalue weighted by Crippen LogP contribution is -2.39. The minimum absolute atomic E-state index is 0.375. The van der Waals surface area contributed by atoms with Crippen molar-refractivity contribution >= 4 is 34.6 Å². The molecule has 2 aromatic rings. The molecule has 0 saturated carbocycles. The zero-order valence-electron chi connectivity index (χ0n) is 14.8. The number of halogens is 1. The Hall–Kier alpha value is -1.76. The van der Waals surface area contributed by atoms with Gasteiger partial charge >= 0.3 is 0 Å². The largest absolute Gasteiger partial charge is 0.386 e. The zero-order valence-corrected chi connectivity index (χ0v) is 16.4. The fourth-order valence-corrected chi connectivity index (χ4v) is 3.29. The molecule has 2 rings (SSSR count). The van der Waals surface area contributed by atoms with Crippen LogP contribution in [0.1, 0.15) is 23.5 Å². The molecule has 136 valence electrons. The molecule has 0 amide bonds. The fraction of sp³-hybridized carbons (Fsp3) is 0.389. The fourth-order valence-electron chi connectivity index (χ4n) is 2.25. The maximum Gasteiger partial charge on any atom is 0.191 e. The Labute approximate surface area is 158 Å². The van der Waals surface area contributed by atoms with Crippen LogP contribution in [0, 0.1) is 0 Å². The van der Waals surface area contributed by atoms with Gasteiger partial charge in [-0.2, -0.15) is 0 Å². The molecule has 0 fully saturated rings. The number of rotatable bonds is 7. The molecule has 0 aliphatic heterocycles. The number of aliphatic hydroxyl groups excluding tert-OH is 1. The van der Waals surface area contributed by atoms with Gasteiger partial charge in [-0.3, -0.25) is 0 Å². The second kappa shape index (κ2) is 9.65. The van der Waals surface area contributed by atoms with Crippen LogP contribution in [-0.4, -0.2) is 38.3 Å². The van der Waals surface area contributed by atoms with Gasteiger partial charge in [-0.05, 0) is 36.8 Å². The van der Waals surface area contributed by atoms with E-state index in [0.717, 1.165) is 22.7 Å². The minimum atomic E-state index is -0.613. The van der Waals surface area contributed by atoms with E-state index in [4.69, 9.17) is 11.6 Å². The summed E-state index contributed by atoms with van der Waals surface area (Å²) >= 11 is 7.30. The van der Waals surface area contributed by atoms with Crippen molar-refractivity contribution < 1.29 is 5.11 Å². The van der Waals surface area contributed by atoms with E-state index in [9.17, 15) is 5.11 Å². The molecule has 1 aromatic carbocycles. The van der Waals surface area contributed by atoms with Crippen molar-refractivity contribution in [1.82, 2.24) is 10.6 Å². The number of hydrogen-bond acceptors (Lipinski definition) is 4. The lowest BCUT2D eigenvalue weighted by Gasteiger charge is -2.15. The van der Waals surface area contributed by atoms with E-state index in [0.29, 0.717) is 23.4 Å². The third-order valence-corrected chi connectivity index (χ3v) is 4.91. The highest BCUT2D eigenvalue weighted by atomic mass is 35.5. The maximum absolute atomic E-state index is 10.2. The van der Waals surface area contributed by atoms with Crippen LogP contribution < -0.4 is 15.5 Å². The Kier molecular flexibility index (Phi) is 7.55. The predicted molar refractivity (Wildman–Crippen MR) is 108 cm³/mol. The predicted octanol–water partition coefficient (Wildman–Crippen LogP) is 3.26. The highest BCUT2D eigenvalue weighted by Crippen LogP contribution is 2.26. The first-order valence-corrected chi connectivity index (χ1v) is 9.40. The summed E-state index contributed by atoms with van der Waals surface area (Å²) in [5, 5.41) is 16.6. The SMILES string of the molecule is CCNC(=NCc1cccc(N(C)C)c1)NCC(O)c1ccc(Cl)s1. The first kappa shape index (κ1) is 19.6. The van der Waals surface area contributed by atoms with Crippen molar-refractivity contribution in [3.63, 3.8) is 0 Å². The van der Waals surface area contributed by atoms with Gasteiger partial charge in [0.05, 0.1) is 10.9 Å². The van der Waals surface area contributed by atoms with Crippen molar-refractivity contribution in [2.24, 2.45) is 4.99 Å². The quantitative estimate of drug-likeness (QED) is 0.509. The molecule has 3 N–H and O–H groups in total. The maximum atomic E-state index is 10.2. The molecule has 1 atom stereocenters. The van der Waals surface area contributed by atoms with Gasteiger partial charge in [0.25, 0.3) is 0 Å². The third kappa shape index (κ3) is 6.23. The number of nitrogens with one attached hydrogen (secondary N) is 2. The van der Waals surface area contributed by atoms with Crippen molar-refractivity contribution in [3.05, 3.63) is 51.2 Å². The Morgan fingerprint density at radius 3 is 2.72 bits per heavy atom. The van der Waals surface area contributed by atoms with Crippen molar-refractivity contribution in [2.75, 3.05) is 32.1 Å². The van der Waals surface area contributed by atoms with Crippen molar-refractivity contribution in [2.45, 2.75) is 19.6 Å². The number of aliphatic imine (C=N–C) groups is 1. The second-order valence-electron chi connectivity index (χ2n) is 5.80. The van der Waals surface area contributed by atoms with Crippen LogP contribution >= 0.6 is 22.9 Å². The number of benzene rings is 1. The molecule has 0 saturated heterocycles. The van der Waals surface area contributed by atoms with Crippen LogP contribution in [0.3, 0.4) is 0 Å². The molecule has 1 heterocycles. The lowest BCUT2D eigenvalue weighted by molar-refractivity contribution is 0.184. The Balaban J connectivity index is 1.97. The smallest absolute Gasteiger partial charge is 0.191 e. The molecule has 1 unspecified atom stereocenters. The van der Waals surface area contributed by atoms with Gasteiger partial charge in [-0.25, -0.2) is 4.99 Å². The van der Waals surface area contributed by atoms with Gasteiger partial charge in [-0.1, -0.05) is 23.7 Å². The molecule has 0 aliphatic rings. The van der Waals surface area contributed by atoms with Crippen LogP contribution in [0.4, 0.5) is 5.69 Å². The first-order chi connectivity index (χ1) is 12.0. The van der Waals surface area contributed by atoms with E-state index in [1.807, 2.05) is 33.2 Å². The molecule has 5 nitrogen and oxygen atoms in total. The lowest BCUT2D eigenvalue weighted by atomic mass is 10.2. The summed E-state index contributed by atoms with van der Waals surface area (Å²) in [5.74, 6) is 0.680. The van der Waals surface area contributed by atoms with E-state index in [-0.39, 0.29) is 0 Å². The number of anilines is 1. The van der Waals surface area contributed by atoms with E-state index in [2.05, 4.69) is 38.7 Å². The average Bonchev–Trinajstić information content (AvgIpc) is 3.04. The number of guanidine groups is 1. The normalized spacial score (nSPS) is 12.8. The summed E-state index contributed by atoms with van der Waals surface area (Å²) in [6.07, 6.45) is -0.613. The monoisotopic (exact) mass is 380 g/mol. The highest BCUT2D eigenvalue weighted by molar-refractivity contribution is 7.16. The van der Waals surface area contributed by atoms with Gasteiger partial charge in [0.2, 0.25) is 0 Å². The van der Waals surface area contributed by atoms with Gasteiger partial charge in [0.15, 0.2) is 5.96 Å². The van der Waals surface area contributed by atoms with Crippen molar-refractivity contribution in [3.8, 4) is 0 Å². The second-order valence-corrected chi connectivity index (χ2v) is 7.54. The number of nitrogens with zero attached hydrogens (tertiary/aromatic N) is 2. The van der Waals surface area contributed by atoms with E-state index in [1.165, 1.54) is 11.3 Å². The number of aliphatic hydroxyl groups is 1. The van der Waals surface area contributed by atoms with Crippen LogP contribution in [0.15, 0.2) is 41.4 Å². The molecule has 25 heavy (non-hydrogen) atoms. The summed E-state index contributed by atoms with van der Waals surface area (Å²) in [6.45, 7) is 3.71.